The molecule has 0 amide bonds. The smallest absolute Gasteiger partial charge is 0.206 e. The summed E-state index contributed by atoms with van der Waals surface area (Å²) in [4.78, 5) is 7.30. The van der Waals surface area contributed by atoms with Crippen LogP contribution >= 0.6 is 0 Å². The monoisotopic (exact) mass is 264 g/mol. The van der Waals surface area contributed by atoms with E-state index < -0.39 is 0 Å². The standard InChI is InChI=1S/C15H28N4/c1-5-14-10-18(11(2)3)15(17-14)19-9-13(8-16)7-6-12(19)4/h10-13H,5-9,16H2,1-4H3. The number of aryl methyl sites for hydroxylation is 1. The number of anilines is 1. The third-order valence-electron chi connectivity index (χ3n) is 4.25. The molecule has 1 saturated heterocycles. The molecule has 0 saturated carbocycles. The lowest BCUT2D eigenvalue weighted by Gasteiger charge is -2.39. The van der Waals surface area contributed by atoms with Crippen molar-refractivity contribution in [3.05, 3.63) is 11.9 Å². The zero-order chi connectivity index (χ0) is 14.0. The van der Waals surface area contributed by atoms with E-state index in [9.17, 15) is 0 Å². The molecule has 108 valence electrons. The van der Waals surface area contributed by atoms with E-state index in [0.29, 0.717) is 18.0 Å². The minimum atomic E-state index is 0.452. The van der Waals surface area contributed by atoms with Crippen LogP contribution in [0.2, 0.25) is 0 Å². The van der Waals surface area contributed by atoms with E-state index in [0.717, 1.165) is 25.5 Å². The van der Waals surface area contributed by atoms with Crippen molar-refractivity contribution in [3.8, 4) is 0 Å². The lowest BCUT2D eigenvalue weighted by atomic mass is 9.94. The van der Waals surface area contributed by atoms with Crippen LogP contribution in [0, 0.1) is 5.92 Å². The number of aromatic nitrogens is 2. The van der Waals surface area contributed by atoms with Crippen molar-refractivity contribution in [2.75, 3.05) is 18.0 Å². The van der Waals surface area contributed by atoms with Gasteiger partial charge in [-0.15, -0.1) is 0 Å². The Hall–Kier alpha value is -1.03. The molecule has 0 radical (unpaired) electrons. The Morgan fingerprint density at radius 2 is 2.16 bits per heavy atom. The average molecular weight is 264 g/mol. The molecule has 1 aliphatic heterocycles. The molecule has 19 heavy (non-hydrogen) atoms. The first kappa shape index (κ1) is 14.4. The molecule has 1 aliphatic rings. The summed E-state index contributed by atoms with van der Waals surface area (Å²) in [5, 5.41) is 0. The van der Waals surface area contributed by atoms with Crippen molar-refractivity contribution in [1.29, 1.82) is 0 Å². The summed E-state index contributed by atoms with van der Waals surface area (Å²) in [6, 6.07) is 1.01. The maximum Gasteiger partial charge on any atom is 0.206 e. The van der Waals surface area contributed by atoms with Crippen LogP contribution in [0.5, 0.6) is 0 Å². The molecule has 1 fully saturated rings. The van der Waals surface area contributed by atoms with Gasteiger partial charge in [0.15, 0.2) is 0 Å². The number of hydrogen-bond donors (Lipinski definition) is 1. The summed E-state index contributed by atoms with van der Waals surface area (Å²) >= 11 is 0. The van der Waals surface area contributed by atoms with Crippen LogP contribution in [-0.2, 0) is 6.42 Å². The van der Waals surface area contributed by atoms with Crippen LogP contribution in [0.15, 0.2) is 6.20 Å². The van der Waals surface area contributed by atoms with Gasteiger partial charge < -0.3 is 15.2 Å². The minimum Gasteiger partial charge on any atom is -0.339 e. The fourth-order valence-corrected chi connectivity index (χ4v) is 2.85. The molecule has 2 N–H and O–H groups in total. The lowest BCUT2D eigenvalue weighted by molar-refractivity contribution is 0.364. The minimum absolute atomic E-state index is 0.452. The molecule has 1 aromatic heterocycles. The van der Waals surface area contributed by atoms with Crippen LogP contribution in [0.1, 0.15) is 52.3 Å². The second-order valence-corrected chi connectivity index (χ2v) is 6.07. The van der Waals surface area contributed by atoms with Crippen LogP contribution in [0.25, 0.3) is 0 Å². The Labute approximate surface area is 117 Å². The lowest BCUT2D eigenvalue weighted by Crippen LogP contribution is -2.45. The summed E-state index contributed by atoms with van der Waals surface area (Å²) in [6.07, 6.45) is 5.67. The molecular weight excluding hydrogens is 236 g/mol. The molecule has 4 heteroatoms. The molecule has 2 unspecified atom stereocenters. The van der Waals surface area contributed by atoms with E-state index in [2.05, 4.69) is 43.4 Å². The van der Waals surface area contributed by atoms with Crippen molar-refractivity contribution < 1.29 is 0 Å². The number of imidazole rings is 1. The highest BCUT2D eigenvalue weighted by molar-refractivity contribution is 5.36. The Balaban J connectivity index is 2.30. The third kappa shape index (κ3) is 2.94. The van der Waals surface area contributed by atoms with Crippen LogP contribution in [0.4, 0.5) is 5.95 Å². The number of rotatable bonds is 4. The van der Waals surface area contributed by atoms with E-state index in [1.807, 2.05) is 0 Å². The van der Waals surface area contributed by atoms with Gasteiger partial charge >= 0.3 is 0 Å². The highest BCUT2D eigenvalue weighted by atomic mass is 15.3. The van der Waals surface area contributed by atoms with Crippen molar-refractivity contribution in [2.45, 2.75) is 59.0 Å². The molecular formula is C15H28N4. The fourth-order valence-electron chi connectivity index (χ4n) is 2.85. The first-order chi connectivity index (χ1) is 9.06. The molecule has 0 aromatic carbocycles. The van der Waals surface area contributed by atoms with Crippen molar-refractivity contribution >= 4 is 5.95 Å². The van der Waals surface area contributed by atoms with E-state index in [1.165, 1.54) is 18.5 Å². The molecule has 2 heterocycles. The fraction of sp³-hybridized carbons (Fsp3) is 0.800. The topological polar surface area (TPSA) is 47.1 Å². The predicted molar refractivity (Wildman–Crippen MR) is 80.6 cm³/mol. The Morgan fingerprint density at radius 3 is 2.74 bits per heavy atom. The Morgan fingerprint density at radius 1 is 1.42 bits per heavy atom. The highest BCUT2D eigenvalue weighted by Gasteiger charge is 2.28. The maximum atomic E-state index is 5.86. The molecule has 0 bridgehead atoms. The summed E-state index contributed by atoms with van der Waals surface area (Å²) in [7, 11) is 0. The second kappa shape index (κ2) is 5.95. The van der Waals surface area contributed by atoms with Crippen LogP contribution < -0.4 is 10.6 Å². The van der Waals surface area contributed by atoms with Gasteiger partial charge in [0.05, 0.1) is 5.69 Å². The molecule has 2 rings (SSSR count). The van der Waals surface area contributed by atoms with Crippen LogP contribution in [0.3, 0.4) is 0 Å². The van der Waals surface area contributed by atoms with Crippen molar-refractivity contribution in [2.24, 2.45) is 11.7 Å². The SMILES string of the molecule is CCc1cn(C(C)C)c(N2CC(CN)CCC2C)n1. The van der Waals surface area contributed by atoms with Gasteiger partial charge in [0, 0.05) is 24.8 Å². The average Bonchev–Trinajstić information content (AvgIpc) is 2.83. The van der Waals surface area contributed by atoms with Gasteiger partial charge in [0.2, 0.25) is 5.95 Å². The normalized spacial score (nSPS) is 24.2. The summed E-state index contributed by atoms with van der Waals surface area (Å²) in [5.74, 6) is 1.75. The van der Waals surface area contributed by atoms with Gasteiger partial charge in [-0.3, -0.25) is 0 Å². The van der Waals surface area contributed by atoms with E-state index in [-0.39, 0.29) is 0 Å². The van der Waals surface area contributed by atoms with Gasteiger partial charge in [-0.2, -0.15) is 0 Å². The third-order valence-corrected chi connectivity index (χ3v) is 4.25. The maximum absolute atomic E-state index is 5.86. The number of hydrogen-bond acceptors (Lipinski definition) is 3. The van der Waals surface area contributed by atoms with Gasteiger partial charge in [0.25, 0.3) is 0 Å². The van der Waals surface area contributed by atoms with Crippen molar-refractivity contribution in [1.82, 2.24) is 9.55 Å². The summed E-state index contributed by atoms with van der Waals surface area (Å²) in [6.45, 7) is 10.7. The van der Waals surface area contributed by atoms with Gasteiger partial charge in [0.1, 0.15) is 0 Å². The molecule has 0 aliphatic carbocycles. The first-order valence-electron chi connectivity index (χ1n) is 7.61. The predicted octanol–water partition coefficient (Wildman–Crippen LogP) is 2.59. The molecule has 1 aromatic rings. The van der Waals surface area contributed by atoms with Gasteiger partial charge in [-0.1, -0.05) is 6.92 Å². The Bertz CT molecular complexity index is 410. The summed E-state index contributed by atoms with van der Waals surface area (Å²) < 4.78 is 2.31. The molecule has 2 atom stereocenters. The number of nitrogens with zero attached hydrogens (tertiary/aromatic N) is 3. The Kier molecular flexibility index (Phi) is 4.50. The highest BCUT2D eigenvalue weighted by Crippen LogP contribution is 2.28. The van der Waals surface area contributed by atoms with E-state index >= 15 is 0 Å². The van der Waals surface area contributed by atoms with Crippen molar-refractivity contribution in [3.63, 3.8) is 0 Å². The zero-order valence-electron chi connectivity index (χ0n) is 12.8. The molecule has 0 spiro atoms. The first-order valence-corrected chi connectivity index (χ1v) is 7.61. The van der Waals surface area contributed by atoms with E-state index in [1.54, 1.807) is 0 Å². The molecule has 4 nitrogen and oxygen atoms in total. The number of piperidine rings is 1. The quantitative estimate of drug-likeness (QED) is 0.909. The largest absolute Gasteiger partial charge is 0.339 e. The zero-order valence-corrected chi connectivity index (χ0v) is 12.8. The van der Waals surface area contributed by atoms with Crippen LogP contribution in [-0.4, -0.2) is 28.7 Å². The summed E-state index contributed by atoms with van der Waals surface area (Å²) in [5.41, 5.74) is 7.05. The van der Waals surface area contributed by atoms with Gasteiger partial charge in [-0.05, 0) is 52.5 Å². The van der Waals surface area contributed by atoms with E-state index in [4.69, 9.17) is 10.7 Å². The van der Waals surface area contributed by atoms with Gasteiger partial charge in [-0.25, -0.2) is 4.98 Å². The second-order valence-electron chi connectivity index (χ2n) is 6.07. The number of nitrogens with two attached hydrogens (primary N) is 1.